The van der Waals surface area contributed by atoms with Crippen LogP contribution in [0.5, 0.6) is 0 Å². The molecule has 0 amide bonds. The van der Waals surface area contributed by atoms with Crippen LogP contribution in [0.3, 0.4) is 0 Å². The molecular weight excluding hydrogens is 215 g/mol. The molecule has 0 aromatic heterocycles. The normalized spacial score (nSPS) is 12.1. The van der Waals surface area contributed by atoms with Gasteiger partial charge < -0.3 is 13.6 Å². The maximum Gasteiger partial charge on any atom is 0.333 e. The van der Waals surface area contributed by atoms with Gasteiger partial charge in [0.1, 0.15) is 5.78 Å². The predicted octanol–water partition coefficient (Wildman–Crippen LogP) is 3.06. The van der Waals surface area contributed by atoms with Crippen LogP contribution in [0.15, 0.2) is 0 Å². The van der Waals surface area contributed by atoms with Crippen LogP contribution < -0.4 is 0 Å². The number of carbonyl (C=O) groups is 1. The van der Waals surface area contributed by atoms with Gasteiger partial charge in [0.25, 0.3) is 0 Å². The Balaban J connectivity index is 4.16. The van der Waals surface area contributed by atoms with Crippen molar-refractivity contribution >= 4 is 14.4 Å². The van der Waals surface area contributed by atoms with Crippen molar-refractivity contribution in [2.75, 3.05) is 13.2 Å². The second-order valence-corrected chi connectivity index (χ2v) is 4.94. The molecule has 0 saturated carbocycles. The lowest BCUT2D eigenvalue weighted by atomic mass is 10.0. The second-order valence-electron chi connectivity index (χ2n) is 3.79. The largest absolute Gasteiger partial charge is 0.333 e. The van der Waals surface area contributed by atoms with E-state index in [0.29, 0.717) is 19.6 Å². The minimum Gasteiger partial charge on any atom is -0.313 e. The van der Waals surface area contributed by atoms with E-state index >= 15 is 0 Å². The Labute approximate surface area is 93.3 Å². The molecule has 0 aliphatic heterocycles. The average Bonchev–Trinajstić information content (AvgIpc) is 2.01. The molecule has 0 heterocycles. The summed E-state index contributed by atoms with van der Waals surface area (Å²) in [7, 11) is -1.33. The van der Waals surface area contributed by atoms with Crippen molar-refractivity contribution in [2.24, 2.45) is 0 Å². The summed E-state index contributed by atoms with van der Waals surface area (Å²) in [5.74, 6) is 0.1000. The van der Waals surface area contributed by atoms with Crippen molar-refractivity contribution < 1.29 is 18.4 Å². The highest BCUT2D eigenvalue weighted by Gasteiger charge is 2.27. The van der Waals surface area contributed by atoms with Gasteiger partial charge in [-0.1, -0.05) is 0 Å². The van der Waals surface area contributed by atoms with Gasteiger partial charge in [-0.25, -0.2) is 0 Å². The molecule has 0 aromatic carbocycles. The Morgan fingerprint density at radius 2 is 1.67 bits per heavy atom. The molecule has 0 atom stereocenters. The number of carbonyl (C=O) groups excluding carboxylic acids is 1. The van der Waals surface area contributed by atoms with Gasteiger partial charge in [0.2, 0.25) is 0 Å². The summed E-state index contributed by atoms with van der Waals surface area (Å²) in [5.41, 5.74) is -0.526. The summed E-state index contributed by atoms with van der Waals surface area (Å²) in [5, 5.41) is 0. The molecule has 0 aliphatic rings. The lowest BCUT2D eigenvalue weighted by Crippen LogP contribution is -2.25. The molecule has 90 valence electrons. The standard InChI is InChI=1S/C10H21O4P/c1-6-12-15(13-7-2)14-10(4,5)8-9(3)11/h6-8H2,1-5H3. The van der Waals surface area contributed by atoms with Crippen LogP contribution in [0.1, 0.15) is 41.0 Å². The number of hydrogen-bond acceptors (Lipinski definition) is 4. The summed E-state index contributed by atoms with van der Waals surface area (Å²) >= 11 is 0. The molecule has 4 nitrogen and oxygen atoms in total. The fourth-order valence-electron chi connectivity index (χ4n) is 1.13. The van der Waals surface area contributed by atoms with Gasteiger partial charge in [0.15, 0.2) is 0 Å². The van der Waals surface area contributed by atoms with Gasteiger partial charge in [-0.3, -0.25) is 4.79 Å². The van der Waals surface area contributed by atoms with Crippen LogP contribution in [0.2, 0.25) is 0 Å². The predicted molar refractivity (Wildman–Crippen MR) is 60.6 cm³/mol. The van der Waals surface area contributed by atoms with Crippen molar-refractivity contribution in [3.8, 4) is 0 Å². The van der Waals surface area contributed by atoms with E-state index in [-0.39, 0.29) is 5.78 Å². The molecule has 0 saturated heterocycles. The summed E-state index contributed by atoms with van der Waals surface area (Å²) in [6.45, 7) is 10.1. The van der Waals surface area contributed by atoms with E-state index in [4.69, 9.17) is 13.6 Å². The highest BCUT2D eigenvalue weighted by atomic mass is 31.2. The van der Waals surface area contributed by atoms with Gasteiger partial charge in [0.05, 0.1) is 18.8 Å². The highest BCUT2D eigenvalue weighted by Crippen LogP contribution is 2.44. The lowest BCUT2D eigenvalue weighted by molar-refractivity contribution is -0.120. The number of hydrogen-bond donors (Lipinski definition) is 0. The van der Waals surface area contributed by atoms with Crippen molar-refractivity contribution in [3.05, 3.63) is 0 Å². The fourth-order valence-corrected chi connectivity index (χ4v) is 2.20. The third-order valence-corrected chi connectivity index (χ3v) is 3.05. The van der Waals surface area contributed by atoms with Gasteiger partial charge in [-0.2, -0.15) is 0 Å². The number of ketones is 1. The SMILES string of the molecule is CCOP(OCC)OC(C)(C)CC(C)=O. The first-order valence-electron chi connectivity index (χ1n) is 5.15. The van der Waals surface area contributed by atoms with Crippen LogP contribution in [-0.4, -0.2) is 24.6 Å². The zero-order chi connectivity index (χ0) is 11.9. The first-order valence-corrected chi connectivity index (χ1v) is 6.25. The van der Waals surface area contributed by atoms with Crippen molar-refractivity contribution in [3.63, 3.8) is 0 Å². The van der Waals surface area contributed by atoms with E-state index in [1.54, 1.807) is 6.92 Å². The van der Waals surface area contributed by atoms with E-state index in [9.17, 15) is 4.79 Å². The Bertz CT molecular complexity index is 188. The van der Waals surface area contributed by atoms with Gasteiger partial charge >= 0.3 is 8.60 Å². The summed E-state index contributed by atoms with van der Waals surface area (Å²) < 4.78 is 16.2. The Kier molecular flexibility index (Phi) is 7.28. The summed E-state index contributed by atoms with van der Waals surface area (Å²) in [4.78, 5) is 11.0. The first kappa shape index (κ1) is 15.0. The molecule has 0 aliphatic carbocycles. The molecular formula is C10H21O4P. The Hall–Kier alpha value is -0.0200. The van der Waals surface area contributed by atoms with E-state index in [1.165, 1.54) is 0 Å². The molecule has 15 heavy (non-hydrogen) atoms. The molecule has 0 aromatic rings. The monoisotopic (exact) mass is 236 g/mol. The minimum atomic E-state index is -1.33. The lowest BCUT2D eigenvalue weighted by Gasteiger charge is -2.27. The van der Waals surface area contributed by atoms with E-state index in [0.717, 1.165) is 0 Å². The van der Waals surface area contributed by atoms with Gasteiger partial charge in [-0.05, 0) is 34.6 Å². The van der Waals surface area contributed by atoms with Crippen LogP contribution in [-0.2, 0) is 18.4 Å². The molecule has 0 rings (SSSR count). The molecule has 0 unspecified atom stereocenters. The van der Waals surface area contributed by atoms with Crippen molar-refractivity contribution in [2.45, 2.75) is 46.6 Å². The Morgan fingerprint density at radius 1 is 1.20 bits per heavy atom. The third kappa shape index (κ3) is 7.86. The fraction of sp³-hybridized carbons (Fsp3) is 0.900. The molecule has 0 N–H and O–H groups in total. The summed E-state index contributed by atoms with van der Waals surface area (Å²) in [6, 6.07) is 0. The number of rotatable bonds is 8. The highest BCUT2D eigenvalue weighted by molar-refractivity contribution is 7.41. The average molecular weight is 236 g/mol. The topological polar surface area (TPSA) is 44.8 Å². The summed E-state index contributed by atoms with van der Waals surface area (Å²) in [6.07, 6.45) is 0.367. The van der Waals surface area contributed by atoms with Crippen LogP contribution in [0.25, 0.3) is 0 Å². The van der Waals surface area contributed by atoms with Gasteiger partial charge in [0, 0.05) is 6.42 Å². The first-order chi connectivity index (χ1) is 6.91. The van der Waals surface area contributed by atoms with Crippen molar-refractivity contribution in [1.29, 1.82) is 0 Å². The van der Waals surface area contributed by atoms with E-state index < -0.39 is 14.2 Å². The molecule has 5 heteroatoms. The zero-order valence-corrected chi connectivity index (χ0v) is 11.1. The van der Waals surface area contributed by atoms with Gasteiger partial charge in [-0.15, -0.1) is 0 Å². The quantitative estimate of drug-likeness (QED) is 0.607. The zero-order valence-electron chi connectivity index (χ0n) is 10.2. The number of Topliss-reactive ketones (excluding diaryl/α,β-unsaturated/α-hetero) is 1. The molecule has 0 radical (unpaired) electrons. The van der Waals surface area contributed by atoms with E-state index in [1.807, 2.05) is 27.7 Å². The minimum absolute atomic E-state index is 0.1000. The molecule has 0 fully saturated rings. The van der Waals surface area contributed by atoms with Crippen LogP contribution >= 0.6 is 8.60 Å². The van der Waals surface area contributed by atoms with E-state index in [2.05, 4.69) is 0 Å². The van der Waals surface area contributed by atoms with Crippen LogP contribution in [0.4, 0.5) is 0 Å². The molecule has 0 bridgehead atoms. The second kappa shape index (κ2) is 7.29. The third-order valence-electron chi connectivity index (χ3n) is 1.47. The maximum atomic E-state index is 11.0. The smallest absolute Gasteiger partial charge is 0.313 e. The molecule has 0 spiro atoms. The van der Waals surface area contributed by atoms with Crippen molar-refractivity contribution in [1.82, 2.24) is 0 Å². The maximum absolute atomic E-state index is 11.0. The Morgan fingerprint density at radius 3 is 2.00 bits per heavy atom. The van der Waals surface area contributed by atoms with Crippen LogP contribution in [0, 0.1) is 0 Å².